The van der Waals surface area contributed by atoms with Crippen molar-refractivity contribution >= 4 is 11.6 Å². The molecule has 0 radical (unpaired) electrons. The predicted molar refractivity (Wildman–Crippen MR) is 105 cm³/mol. The van der Waals surface area contributed by atoms with Gasteiger partial charge in [-0.25, -0.2) is 4.39 Å². The van der Waals surface area contributed by atoms with Crippen LogP contribution in [0.4, 0.5) is 10.1 Å². The van der Waals surface area contributed by atoms with Gasteiger partial charge in [0.15, 0.2) is 0 Å². The van der Waals surface area contributed by atoms with Gasteiger partial charge in [-0.15, -0.1) is 0 Å². The second-order valence-corrected chi connectivity index (χ2v) is 7.84. The van der Waals surface area contributed by atoms with Crippen molar-refractivity contribution in [2.75, 3.05) is 51.2 Å². The van der Waals surface area contributed by atoms with E-state index in [1.165, 1.54) is 37.8 Å². The number of benzene rings is 1. The molecule has 1 saturated heterocycles. The third kappa shape index (κ3) is 6.55. The molecular formula is C21H32FN3O2. The van der Waals surface area contributed by atoms with Crippen LogP contribution >= 0.6 is 0 Å². The first kappa shape index (κ1) is 20.2. The fraction of sp³-hybridized carbons (Fsp3) is 0.667. The first-order valence-corrected chi connectivity index (χ1v) is 10.2. The number of hydrogen-bond acceptors (Lipinski definition) is 4. The zero-order chi connectivity index (χ0) is 19.1. The van der Waals surface area contributed by atoms with Crippen molar-refractivity contribution in [3.8, 4) is 0 Å². The van der Waals surface area contributed by atoms with E-state index in [2.05, 4.69) is 22.0 Å². The van der Waals surface area contributed by atoms with Crippen molar-refractivity contribution in [2.24, 2.45) is 5.92 Å². The number of ether oxygens (including phenoxy) is 1. The minimum atomic E-state index is -0.300. The number of rotatable bonds is 7. The molecule has 0 bridgehead atoms. The van der Waals surface area contributed by atoms with Crippen LogP contribution in [0.2, 0.25) is 0 Å². The van der Waals surface area contributed by atoms with Gasteiger partial charge in [-0.05, 0) is 43.0 Å². The first-order chi connectivity index (χ1) is 13.1. The molecule has 1 aromatic carbocycles. The average molecular weight is 378 g/mol. The summed E-state index contributed by atoms with van der Waals surface area (Å²) < 4.78 is 19.0. The Kier molecular flexibility index (Phi) is 7.61. The van der Waals surface area contributed by atoms with Gasteiger partial charge < -0.3 is 10.1 Å². The van der Waals surface area contributed by atoms with Crippen LogP contribution in [0.15, 0.2) is 24.3 Å². The van der Waals surface area contributed by atoms with Gasteiger partial charge in [0, 0.05) is 38.4 Å². The molecule has 0 aromatic heterocycles. The first-order valence-electron chi connectivity index (χ1n) is 10.2. The SMILES string of the molecule is C[C@@H]1CCCC[C@H]1OCCN1CCN(CC(=O)Nc2ccc(F)cc2)CC1. The Balaban J connectivity index is 1.30. The fourth-order valence-electron chi connectivity index (χ4n) is 3.97. The van der Waals surface area contributed by atoms with Crippen LogP contribution < -0.4 is 5.32 Å². The number of nitrogens with one attached hydrogen (secondary N) is 1. The van der Waals surface area contributed by atoms with Gasteiger partial charge in [0.2, 0.25) is 5.91 Å². The highest BCUT2D eigenvalue weighted by Gasteiger charge is 2.23. The summed E-state index contributed by atoms with van der Waals surface area (Å²) in [7, 11) is 0. The lowest BCUT2D eigenvalue weighted by Gasteiger charge is -2.35. The van der Waals surface area contributed by atoms with Crippen LogP contribution in [0.5, 0.6) is 0 Å². The zero-order valence-corrected chi connectivity index (χ0v) is 16.3. The third-order valence-corrected chi connectivity index (χ3v) is 5.73. The number of amides is 1. The van der Waals surface area contributed by atoms with E-state index >= 15 is 0 Å². The summed E-state index contributed by atoms with van der Waals surface area (Å²) in [5.74, 6) is 0.339. The normalized spacial score (nSPS) is 24.7. The third-order valence-electron chi connectivity index (χ3n) is 5.73. The summed E-state index contributed by atoms with van der Waals surface area (Å²) in [5.41, 5.74) is 0.633. The molecule has 1 N–H and O–H groups in total. The molecule has 0 spiro atoms. The Morgan fingerprint density at radius 2 is 1.78 bits per heavy atom. The van der Waals surface area contributed by atoms with E-state index in [4.69, 9.17) is 4.74 Å². The smallest absolute Gasteiger partial charge is 0.238 e. The Bertz CT molecular complexity index is 588. The summed E-state index contributed by atoms with van der Waals surface area (Å²) in [5, 5.41) is 2.82. The lowest BCUT2D eigenvalue weighted by atomic mass is 9.88. The molecule has 1 heterocycles. The molecule has 6 heteroatoms. The van der Waals surface area contributed by atoms with E-state index < -0.39 is 0 Å². The Hall–Kier alpha value is -1.50. The molecule has 2 aliphatic rings. The summed E-state index contributed by atoms with van der Waals surface area (Å²) in [4.78, 5) is 16.7. The Morgan fingerprint density at radius 1 is 1.11 bits per heavy atom. The van der Waals surface area contributed by atoms with Crippen molar-refractivity contribution in [3.05, 3.63) is 30.1 Å². The number of piperazine rings is 1. The summed E-state index contributed by atoms with van der Waals surface area (Å²) in [6.07, 6.45) is 5.59. The van der Waals surface area contributed by atoms with Crippen molar-refractivity contribution in [1.29, 1.82) is 0 Å². The highest BCUT2D eigenvalue weighted by molar-refractivity contribution is 5.92. The molecule has 1 amide bonds. The monoisotopic (exact) mass is 377 g/mol. The van der Waals surface area contributed by atoms with Gasteiger partial charge in [0.05, 0.1) is 19.3 Å². The predicted octanol–water partition coefficient (Wildman–Crippen LogP) is 2.98. The summed E-state index contributed by atoms with van der Waals surface area (Å²) >= 11 is 0. The maximum absolute atomic E-state index is 12.9. The van der Waals surface area contributed by atoms with Gasteiger partial charge in [-0.2, -0.15) is 0 Å². The molecule has 2 fully saturated rings. The largest absolute Gasteiger partial charge is 0.377 e. The number of carbonyl (C=O) groups is 1. The zero-order valence-electron chi connectivity index (χ0n) is 16.3. The standard InChI is InChI=1S/C21H32FN3O2/c1-17-4-2-3-5-20(17)27-15-14-24-10-12-25(13-11-24)16-21(26)23-19-8-6-18(22)7-9-19/h6-9,17,20H,2-5,10-16H2,1H3,(H,23,26)/t17-,20-/m1/s1. The number of anilines is 1. The van der Waals surface area contributed by atoms with Crippen LogP contribution in [0, 0.1) is 11.7 Å². The van der Waals surface area contributed by atoms with Crippen LogP contribution in [-0.2, 0) is 9.53 Å². The van der Waals surface area contributed by atoms with E-state index in [1.807, 2.05) is 0 Å². The molecular weight excluding hydrogens is 345 g/mol. The van der Waals surface area contributed by atoms with Gasteiger partial charge >= 0.3 is 0 Å². The van der Waals surface area contributed by atoms with Crippen molar-refractivity contribution < 1.29 is 13.9 Å². The molecule has 0 unspecified atom stereocenters. The molecule has 2 atom stereocenters. The molecule has 1 aliphatic carbocycles. The van der Waals surface area contributed by atoms with Crippen molar-refractivity contribution in [3.63, 3.8) is 0 Å². The maximum Gasteiger partial charge on any atom is 0.238 e. The Labute approximate surface area is 161 Å². The molecule has 150 valence electrons. The van der Waals surface area contributed by atoms with E-state index in [9.17, 15) is 9.18 Å². The minimum absolute atomic E-state index is 0.0512. The average Bonchev–Trinajstić information content (AvgIpc) is 2.66. The lowest BCUT2D eigenvalue weighted by molar-refractivity contribution is -0.117. The van der Waals surface area contributed by atoms with Gasteiger partial charge in [-0.1, -0.05) is 19.8 Å². The second kappa shape index (κ2) is 10.2. The topological polar surface area (TPSA) is 44.8 Å². The van der Waals surface area contributed by atoms with Crippen LogP contribution in [0.1, 0.15) is 32.6 Å². The molecule has 27 heavy (non-hydrogen) atoms. The number of halogens is 1. The Morgan fingerprint density at radius 3 is 2.48 bits per heavy atom. The van der Waals surface area contributed by atoms with E-state index in [0.29, 0.717) is 24.3 Å². The molecule has 1 saturated carbocycles. The highest BCUT2D eigenvalue weighted by atomic mass is 19.1. The van der Waals surface area contributed by atoms with Gasteiger partial charge in [0.25, 0.3) is 0 Å². The number of hydrogen-bond donors (Lipinski definition) is 1. The minimum Gasteiger partial charge on any atom is -0.377 e. The number of nitrogens with zero attached hydrogens (tertiary/aromatic N) is 2. The summed E-state index contributed by atoms with van der Waals surface area (Å²) in [6, 6.07) is 5.87. The quantitative estimate of drug-likeness (QED) is 0.794. The fourth-order valence-corrected chi connectivity index (χ4v) is 3.97. The molecule has 3 rings (SSSR count). The van der Waals surface area contributed by atoms with E-state index in [1.54, 1.807) is 12.1 Å². The molecule has 5 nitrogen and oxygen atoms in total. The van der Waals surface area contributed by atoms with Crippen LogP contribution in [0.25, 0.3) is 0 Å². The van der Waals surface area contributed by atoms with Crippen molar-refractivity contribution in [1.82, 2.24) is 9.80 Å². The molecule has 1 aliphatic heterocycles. The second-order valence-electron chi connectivity index (χ2n) is 7.84. The van der Waals surface area contributed by atoms with Crippen LogP contribution in [0.3, 0.4) is 0 Å². The van der Waals surface area contributed by atoms with E-state index in [0.717, 1.165) is 39.3 Å². The highest BCUT2D eigenvalue weighted by Crippen LogP contribution is 2.26. The summed E-state index contributed by atoms with van der Waals surface area (Å²) in [6.45, 7) is 8.16. The lowest BCUT2D eigenvalue weighted by Crippen LogP contribution is -2.49. The number of carbonyl (C=O) groups excluding carboxylic acids is 1. The maximum atomic E-state index is 12.9. The van der Waals surface area contributed by atoms with Crippen LogP contribution in [-0.4, -0.2) is 67.7 Å². The van der Waals surface area contributed by atoms with Gasteiger partial charge in [0.1, 0.15) is 5.82 Å². The molecule has 1 aromatic rings. The van der Waals surface area contributed by atoms with Gasteiger partial charge in [-0.3, -0.25) is 14.6 Å². The van der Waals surface area contributed by atoms with Crippen molar-refractivity contribution in [2.45, 2.75) is 38.7 Å². The van der Waals surface area contributed by atoms with E-state index in [-0.39, 0.29) is 11.7 Å².